The molecular weight excluding hydrogens is 396 g/mol. The minimum absolute atomic E-state index is 0.188. The summed E-state index contributed by atoms with van der Waals surface area (Å²) in [6, 6.07) is 9.22. The van der Waals surface area contributed by atoms with Crippen molar-refractivity contribution >= 4 is 34.1 Å². The Labute approximate surface area is 169 Å². The summed E-state index contributed by atoms with van der Waals surface area (Å²) in [4.78, 5) is 28.0. The number of thiazole rings is 1. The van der Waals surface area contributed by atoms with Crippen LogP contribution in [0.25, 0.3) is 17.4 Å². The normalized spacial score (nSPS) is 11.0. The van der Waals surface area contributed by atoms with Crippen molar-refractivity contribution in [3.63, 3.8) is 0 Å². The van der Waals surface area contributed by atoms with E-state index in [-0.39, 0.29) is 28.3 Å². The van der Waals surface area contributed by atoms with Gasteiger partial charge in [0, 0.05) is 17.2 Å². The number of hydrogen-bond donors (Lipinski definition) is 1. The molecule has 0 aliphatic heterocycles. The molecule has 0 atom stereocenters. The van der Waals surface area contributed by atoms with Crippen LogP contribution < -0.4 is 10.1 Å². The van der Waals surface area contributed by atoms with Crippen molar-refractivity contribution in [1.29, 1.82) is 5.26 Å². The summed E-state index contributed by atoms with van der Waals surface area (Å²) in [6.07, 6.45) is 2.87. The lowest BCUT2D eigenvalue weighted by molar-refractivity contribution is -0.384. The molecule has 3 aromatic rings. The number of nitro groups is 1. The summed E-state index contributed by atoms with van der Waals surface area (Å²) < 4.78 is 10.6. The Morgan fingerprint density at radius 1 is 1.41 bits per heavy atom. The molecular formula is C19H14N4O5S. The van der Waals surface area contributed by atoms with Gasteiger partial charge < -0.3 is 9.15 Å². The Morgan fingerprint density at radius 3 is 2.83 bits per heavy atom. The molecule has 0 aliphatic rings. The summed E-state index contributed by atoms with van der Waals surface area (Å²) in [5.74, 6) is 0.134. The number of nitriles is 1. The summed E-state index contributed by atoms with van der Waals surface area (Å²) in [7, 11) is 1.41. The number of ether oxygens (including phenoxy) is 1. The first kappa shape index (κ1) is 19.8. The van der Waals surface area contributed by atoms with Crippen LogP contribution in [0.15, 0.2) is 46.5 Å². The summed E-state index contributed by atoms with van der Waals surface area (Å²) >= 11 is 1.28. The summed E-state index contributed by atoms with van der Waals surface area (Å²) in [6.45, 7) is 1.84. The molecule has 0 unspecified atom stereocenters. The summed E-state index contributed by atoms with van der Waals surface area (Å²) in [5.41, 5.74) is -0.133. The van der Waals surface area contributed by atoms with Gasteiger partial charge in [0.25, 0.3) is 11.6 Å². The molecule has 0 saturated carbocycles. The number of aryl methyl sites for hydroxylation is 1. The van der Waals surface area contributed by atoms with Crippen molar-refractivity contribution in [2.75, 3.05) is 12.4 Å². The standard InChI is InChI=1S/C19H14N4O5S/c1-11-10-21-19(29-11)22-18(24)12(9-20)7-14-4-6-17(28-14)15-5-3-13(27-2)8-16(15)23(25)26/h3-8,10H,1-2H3,(H,21,22,24)/b12-7-. The van der Waals surface area contributed by atoms with Crippen LogP contribution >= 0.6 is 11.3 Å². The molecule has 1 N–H and O–H groups in total. The zero-order valence-electron chi connectivity index (χ0n) is 15.3. The Hall–Kier alpha value is -3.97. The van der Waals surface area contributed by atoms with Gasteiger partial charge in [-0.2, -0.15) is 5.26 Å². The van der Waals surface area contributed by atoms with Gasteiger partial charge in [0.15, 0.2) is 5.13 Å². The molecule has 146 valence electrons. The molecule has 0 bridgehead atoms. The maximum absolute atomic E-state index is 12.3. The number of methoxy groups -OCH3 is 1. The van der Waals surface area contributed by atoms with Gasteiger partial charge in [-0.1, -0.05) is 0 Å². The SMILES string of the molecule is COc1ccc(-c2ccc(/C=C(/C#N)C(=O)Nc3ncc(C)s3)o2)c([N+](=O)[O-])c1. The molecule has 3 rings (SSSR count). The van der Waals surface area contributed by atoms with Gasteiger partial charge in [-0.05, 0) is 31.2 Å². The lowest BCUT2D eigenvalue weighted by Gasteiger charge is -2.03. The molecule has 0 saturated heterocycles. The van der Waals surface area contributed by atoms with Crippen molar-refractivity contribution < 1.29 is 18.9 Å². The first-order valence-corrected chi connectivity index (χ1v) is 9.01. The monoisotopic (exact) mass is 410 g/mol. The molecule has 0 aliphatic carbocycles. The van der Waals surface area contributed by atoms with E-state index in [1.54, 1.807) is 12.3 Å². The Balaban J connectivity index is 1.88. The minimum atomic E-state index is -0.629. The number of rotatable bonds is 6. The first-order chi connectivity index (χ1) is 13.9. The van der Waals surface area contributed by atoms with Gasteiger partial charge in [0.2, 0.25) is 0 Å². The zero-order chi connectivity index (χ0) is 21.0. The Bertz CT molecular complexity index is 1160. The van der Waals surface area contributed by atoms with Crippen LogP contribution in [0.1, 0.15) is 10.6 Å². The first-order valence-electron chi connectivity index (χ1n) is 8.19. The van der Waals surface area contributed by atoms with Gasteiger partial charge in [-0.15, -0.1) is 11.3 Å². The number of nitro benzene ring substituents is 1. The van der Waals surface area contributed by atoms with Crippen molar-refractivity contribution in [2.24, 2.45) is 0 Å². The lowest BCUT2D eigenvalue weighted by Crippen LogP contribution is -2.13. The maximum Gasteiger partial charge on any atom is 0.284 e. The number of amides is 1. The average molecular weight is 410 g/mol. The van der Waals surface area contributed by atoms with E-state index in [2.05, 4.69) is 10.3 Å². The molecule has 1 aromatic carbocycles. The molecule has 29 heavy (non-hydrogen) atoms. The predicted octanol–water partition coefficient (Wildman–Crippen LogP) is 4.17. The minimum Gasteiger partial charge on any atom is -0.497 e. The fourth-order valence-electron chi connectivity index (χ4n) is 2.44. The molecule has 0 spiro atoms. The predicted molar refractivity (Wildman–Crippen MR) is 106 cm³/mol. The third-order valence-corrected chi connectivity index (χ3v) is 4.62. The second-order valence-corrected chi connectivity index (χ2v) is 6.98. The van der Waals surface area contributed by atoms with Gasteiger partial charge >= 0.3 is 0 Å². The highest BCUT2D eigenvalue weighted by Crippen LogP contribution is 2.34. The highest BCUT2D eigenvalue weighted by atomic mass is 32.1. The molecule has 2 aromatic heterocycles. The van der Waals surface area contributed by atoms with E-state index in [1.165, 1.54) is 48.8 Å². The van der Waals surface area contributed by atoms with E-state index in [0.717, 1.165) is 4.88 Å². The van der Waals surface area contributed by atoms with Gasteiger partial charge in [-0.3, -0.25) is 20.2 Å². The van der Waals surface area contributed by atoms with Gasteiger partial charge in [-0.25, -0.2) is 4.98 Å². The van der Waals surface area contributed by atoms with Crippen LogP contribution in [0, 0.1) is 28.4 Å². The van der Waals surface area contributed by atoms with E-state index in [9.17, 15) is 20.2 Å². The fourth-order valence-corrected chi connectivity index (χ4v) is 3.10. The zero-order valence-corrected chi connectivity index (χ0v) is 16.1. The topological polar surface area (TPSA) is 131 Å². The van der Waals surface area contributed by atoms with E-state index >= 15 is 0 Å². The van der Waals surface area contributed by atoms with Crippen LogP contribution in [-0.4, -0.2) is 22.9 Å². The van der Waals surface area contributed by atoms with Crippen LogP contribution in [0.4, 0.5) is 10.8 Å². The van der Waals surface area contributed by atoms with Gasteiger partial charge in [0.1, 0.15) is 28.9 Å². The number of anilines is 1. The number of furan rings is 1. The number of hydrogen-bond acceptors (Lipinski definition) is 8. The molecule has 2 heterocycles. The number of carbonyl (C=O) groups excluding carboxylic acids is 1. The van der Waals surface area contributed by atoms with Crippen LogP contribution in [0.5, 0.6) is 5.75 Å². The number of nitrogens with one attached hydrogen (secondary N) is 1. The Kier molecular flexibility index (Phi) is 5.71. The second kappa shape index (κ2) is 8.37. The van der Waals surface area contributed by atoms with E-state index in [0.29, 0.717) is 10.9 Å². The van der Waals surface area contributed by atoms with Crippen molar-refractivity contribution in [3.8, 4) is 23.1 Å². The summed E-state index contributed by atoms with van der Waals surface area (Å²) in [5, 5.41) is 23.6. The molecule has 1 amide bonds. The maximum atomic E-state index is 12.3. The molecule has 0 radical (unpaired) electrons. The number of aromatic nitrogens is 1. The quantitative estimate of drug-likeness (QED) is 0.279. The van der Waals surface area contributed by atoms with Gasteiger partial charge in [0.05, 0.1) is 23.7 Å². The van der Waals surface area contributed by atoms with E-state index in [4.69, 9.17) is 9.15 Å². The highest BCUT2D eigenvalue weighted by molar-refractivity contribution is 7.15. The largest absolute Gasteiger partial charge is 0.497 e. The van der Waals surface area contributed by atoms with E-state index < -0.39 is 10.8 Å². The molecule has 0 fully saturated rings. The van der Waals surface area contributed by atoms with Crippen molar-refractivity contribution in [1.82, 2.24) is 4.98 Å². The highest BCUT2D eigenvalue weighted by Gasteiger charge is 2.20. The van der Waals surface area contributed by atoms with Crippen LogP contribution in [-0.2, 0) is 4.79 Å². The smallest absolute Gasteiger partial charge is 0.284 e. The number of nitrogens with zero attached hydrogens (tertiary/aromatic N) is 3. The number of carbonyl (C=O) groups is 1. The average Bonchev–Trinajstić information content (AvgIpc) is 3.34. The third kappa shape index (κ3) is 4.48. The molecule has 10 heteroatoms. The second-order valence-electron chi connectivity index (χ2n) is 5.74. The molecule has 9 nitrogen and oxygen atoms in total. The number of benzene rings is 1. The Morgan fingerprint density at radius 2 is 2.21 bits per heavy atom. The fraction of sp³-hybridized carbons (Fsp3) is 0.105. The van der Waals surface area contributed by atoms with Crippen molar-refractivity contribution in [3.05, 3.63) is 62.9 Å². The van der Waals surface area contributed by atoms with Crippen molar-refractivity contribution in [2.45, 2.75) is 6.92 Å². The van der Waals surface area contributed by atoms with Crippen LogP contribution in [0.2, 0.25) is 0 Å². The third-order valence-electron chi connectivity index (χ3n) is 3.79. The van der Waals surface area contributed by atoms with E-state index in [1.807, 2.05) is 13.0 Å². The lowest BCUT2D eigenvalue weighted by atomic mass is 10.1. The van der Waals surface area contributed by atoms with Crippen LogP contribution in [0.3, 0.4) is 0 Å².